The molecule has 2 atom stereocenters. The molecule has 1 fully saturated rings. The summed E-state index contributed by atoms with van der Waals surface area (Å²) in [6.45, 7) is 0.557. The van der Waals surface area contributed by atoms with E-state index in [1.807, 2.05) is 18.2 Å². The highest BCUT2D eigenvalue weighted by molar-refractivity contribution is 9.10. The second kappa shape index (κ2) is 5.65. The molecule has 0 bridgehead atoms. The Bertz CT molecular complexity index is 408. The van der Waals surface area contributed by atoms with Crippen molar-refractivity contribution in [2.45, 2.75) is 25.4 Å². The first-order valence-corrected chi connectivity index (χ1v) is 6.68. The van der Waals surface area contributed by atoms with Crippen molar-refractivity contribution in [1.82, 2.24) is 5.32 Å². The average molecular weight is 298 g/mol. The smallest absolute Gasteiger partial charge is 0.252 e. The molecule has 1 aliphatic rings. The van der Waals surface area contributed by atoms with Crippen LogP contribution >= 0.6 is 15.9 Å². The van der Waals surface area contributed by atoms with E-state index in [1.54, 1.807) is 6.07 Å². The standard InChI is InChI=1S/C13H16BrNO2/c14-11-6-2-1-5-10(11)13(17)15-8-9-4-3-7-12(9)16/h1-2,5-6,9,12,16H,3-4,7-8H2,(H,15,17). The van der Waals surface area contributed by atoms with Gasteiger partial charge in [-0.25, -0.2) is 0 Å². The number of hydrogen-bond acceptors (Lipinski definition) is 2. The van der Waals surface area contributed by atoms with Gasteiger partial charge in [0, 0.05) is 16.9 Å². The topological polar surface area (TPSA) is 49.3 Å². The van der Waals surface area contributed by atoms with E-state index >= 15 is 0 Å². The Hall–Kier alpha value is -0.870. The van der Waals surface area contributed by atoms with Crippen LogP contribution in [-0.2, 0) is 0 Å². The Kier molecular flexibility index (Phi) is 4.18. The first kappa shape index (κ1) is 12.6. The quantitative estimate of drug-likeness (QED) is 0.900. The molecule has 1 aromatic rings. The monoisotopic (exact) mass is 297 g/mol. The molecule has 1 amide bonds. The van der Waals surface area contributed by atoms with Crippen LogP contribution < -0.4 is 5.32 Å². The van der Waals surface area contributed by atoms with Gasteiger partial charge in [0.2, 0.25) is 0 Å². The molecule has 4 heteroatoms. The molecular weight excluding hydrogens is 282 g/mol. The number of aliphatic hydroxyl groups is 1. The number of hydrogen-bond donors (Lipinski definition) is 2. The third-order valence-corrected chi connectivity index (χ3v) is 3.95. The Morgan fingerprint density at radius 2 is 2.18 bits per heavy atom. The summed E-state index contributed by atoms with van der Waals surface area (Å²) in [6, 6.07) is 7.34. The number of benzene rings is 1. The fraction of sp³-hybridized carbons (Fsp3) is 0.462. The predicted octanol–water partition coefficient (Wildman–Crippen LogP) is 2.34. The molecule has 1 saturated carbocycles. The van der Waals surface area contributed by atoms with E-state index < -0.39 is 0 Å². The van der Waals surface area contributed by atoms with E-state index in [-0.39, 0.29) is 17.9 Å². The minimum atomic E-state index is -0.255. The van der Waals surface area contributed by atoms with Gasteiger partial charge in [-0.1, -0.05) is 18.6 Å². The van der Waals surface area contributed by atoms with Gasteiger partial charge in [-0.3, -0.25) is 4.79 Å². The van der Waals surface area contributed by atoms with Crippen molar-refractivity contribution in [2.75, 3.05) is 6.54 Å². The van der Waals surface area contributed by atoms with E-state index in [2.05, 4.69) is 21.2 Å². The average Bonchev–Trinajstić information content (AvgIpc) is 2.72. The van der Waals surface area contributed by atoms with Crippen LogP contribution in [0.2, 0.25) is 0 Å². The second-order valence-electron chi connectivity index (χ2n) is 4.45. The fourth-order valence-corrected chi connectivity index (χ4v) is 2.68. The summed E-state index contributed by atoms with van der Waals surface area (Å²) in [5, 5.41) is 12.5. The highest BCUT2D eigenvalue weighted by atomic mass is 79.9. The minimum absolute atomic E-state index is 0.0865. The number of carbonyl (C=O) groups excluding carboxylic acids is 1. The molecule has 3 nitrogen and oxygen atoms in total. The van der Waals surface area contributed by atoms with Gasteiger partial charge in [0.05, 0.1) is 11.7 Å². The molecule has 0 saturated heterocycles. The minimum Gasteiger partial charge on any atom is -0.393 e. The summed E-state index contributed by atoms with van der Waals surface area (Å²) in [6.07, 6.45) is 2.65. The molecule has 1 aliphatic carbocycles. The van der Waals surface area contributed by atoms with Crippen molar-refractivity contribution in [3.63, 3.8) is 0 Å². The molecule has 0 heterocycles. The van der Waals surface area contributed by atoms with Crippen LogP contribution in [0.4, 0.5) is 0 Å². The van der Waals surface area contributed by atoms with Gasteiger partial charge >= 0.3 is 0 Å². The van der Waals surface area contributed by atoms with Gasteiger partial charge in [-0.15, -0.1) is 0 Å². The SMILES string of the molecule is O=C(NCC1CCCC1O)c1ccccc1Br. The Morgan fingerprint density at radius 1 is 1.41 bits per heavy atom. The third-order valence-electron chi connectivity index (χ3n) is 3.26. The maximum absolute atomic E-state index is 11.9. The zero-order valence-electron chi connectivity index (χ0n) is 9.53. The molecule has 1 aromatic carbocycles. The van der Waals surface area contributed by atoms with Crippen molar-refractivity contribution in [3.05, 3.63) is 34.3 Å². The third kappa shape index (κ3) is 3.07. The molecule has 17 heavy (non-hydrogen) atoms. The van der Waals surface area contributed by atoms with Crippen LogP contribution in [0.15, 0.2) is 28.7 Å². The summed E-state index contributed by atoms with van der Waals surface area (Å²) in [7, 11) is 0. The summed E-state index contributed by atoms with van der Waals surface area (Å²) in [4.78, 5) is 11.9. The van der Waals surface area contributed by atoms with Gasteiger partial charge in [0.15, 0.2) is 0 Å². The van der Waals surface area contributed by atoms with E-state index in [1.165, 1.54) is 0 Å². The lowest BCUT2D eigenvalue weighted by Gasteiger charge is -2.15. The van der Waals surface area contributed by atoms with Crippen LogP contribution in [-0.4, -0.2) is 23.7 Å². The van der Waals surface area contributed by atoms with Crippen molar-refractivity contribution in [2.24, 2.45) is 5.92 Å². The van der Waals surface area contributed by atoms with Gasteiger partial charge < -0.3 is 10.4 Å². The molecular formula is C13H16BrNO2. The summed E-state index contributed by atoms with van der Waals surface area (Å²) in [5.74, 6) is 0.123. The van der Waals surface area contributed by atoms with Crippen LogP contribution in [0.1, 0.15) is 29.6 Å². The van der Waals surface area contributed by atoms with Crippen molar-refractivity contribution >= 4 is 21.8 Å². The lowest BCUT2D eigenvalue weighted by Crippen LogP contribution is -2.32. The highest BCUT2D eigenvalue weighted by Crippen LogP contribution is 2.25. The maximum Gasteiger partial charge on any atom is 0.252 e. The van der Waals surface area contributed by atoms with Gasteiger partial charge in [-0.2, -0.15) is 0 Å². The van der Waals surface area contributed by atoms with Crippen LogP contribution in [0.5, 0.6) is 0 Å². The number of nitrogens with one attached hydrogen (secondary N) is 1. The number of halogens is 1. The summed E-state index contributed by atoms with van der Waals surface area (Å²) < 4.78 is 0.796. The first-order valence-electron chi connectivity index (χ1n) is 5.89. The first-order chi connectivity index (χ1) is 8.18. The largest absolute Gasteiger partial charge is 0.393 e. The van der Waals surface area contributed by atoms with Crippen LogP contribution in [0.3, 0.4) is 0 Å². The maximum atomic E-state index is 11.9. The zero-order valence-corrected chi connectivity index (χ0v) is 11.1. The number of aliphatic hydroxyl groups excluding tert-OH is 1. The molecule has 0 spiro atoms. The lowest BCUT2D eigenvalue weighted by atomic mass is 10.1. The Balaban J connectivity index is 1.91. The number of carbonyl (C=O) groups is 1. The molecule has 0 aliphatic heterocycles. The van der Waals surface area contributed by atoms with Crippen molar-refractivity contribution < 1.29 is 9.90 Å². The van der Waals surface area contributed by atoms with E-state index in [0.717, 1.165) is 23.7 Å². The second-order valence-corrected chi connectivity index (χ2v) is 5.30. The highest BCUT2D eigenvalue weighted by Gasteiger charge is 2.25. The van der Waals surface area contributed by atoms with Crippen LogP contribution in [0.25, 0.3) is 0 Å². The number of rotatable bonds is 3. The van der Waals surface area contributed by atoms with E-state index in [0.29, 0.717) is 12.1 Å². The normalized spacial score (nSPS) is 23.6. The molecule has 0 aromatic heterocycles. The Labute approximate surface area is 109 Å². The lowest BCUT2D eigenvalue weighted by molar-refractivity contribution is 0.0916. The summed E-state index contributed by atoms with van der Waals surface area (Å²) in [5.41, 5.74) is 0.639. The fourth-order valence-electron chi connectivity index (χ4n) is 2.22. The molecule has 2 rings (SSSR count). The van der Waals surface area contributed by atoms with Crippen LogP contribution in [0, 0.1) is 5.92 Å². The van der Waals surface area contributed by atoms with Gasteiger partial charge in [-0.05, 0) is 40.9 Å². The zero-order chi connectivity index (χ0) is 12.3. The van der Waals surface area contributed by atoms with Gasteiger partial charge in [0.25, 0.3) is 5.91 Å². The van der Waals surface area contributed by atoms with Gasteiger partial charge in [0.1, 0.15) is 0 Å². The molecule has 2 N–H and O–H groups in total. The summed E-state index contributed by atoms with van der Waals surface area (Å²) >= 11 is 3.35. The molecule has 0 radical (unpaired) electrons. The molecule has 2 unspecified atom stereocenters. The van der Waals surface area contributed by atoms with Crippen molar-refractivity contribution in [3.8, 4) is 0 Å². The predicted molar refractivity (Wildman–Crippen MR) is 69.8 cm³/mol. The van der Waals surface area contributed by atoms with Crippen molar-refractivity contribution in [1.29, 1.82) is 0 Å². The van der Waals surface area contributed by atoms with E-state index in [4.69, 9.17) is 0 Å². The molecule has 92 valence electrons. The van der Waals surface area contributed by atoms with E-state index in [9.17, 15) is 9.90 Å². The number of amides is 1. The Morgan fingerprint density at radius 3 is 2.82 bits per heavy atom.